The quantitative estimate of drug-likeness (QED) is 0.900. The van der Waals surface area contributed by atoms with Crippen LogP contribution in [0.1, 0.15) is 24.3 Å². The van der Waals surface area contributed by atoms with Crippen molar-refractivity contribution < 1.29 is 9.15 Å². The van der Waals surface area contributed by atoms with Crippen molar-refractivity contribution >= 4 is 11.6 Å². The molecule has 2 aromatic rings. The summed E-state index contributed by atoms with van der Waals surface area (Å²) in [5.41, 5.74) is 6.48. The Morgan fingerprint density at radius 3 is 2.72 bits per heavy atom. The first kappa shape index (κ1) is 12.9. The molecule has 1 aromatic carbocycles. The summed E-state index contributed by atoms with van der Waals surface area (Å²) in [4.78, 5) is 0. The van der Waals surface area contributed by atoms with Gasteiger partial charge in [-0.15, -0.1) is 10.2 Å². The minimum Gasteiger partial charge on any atom is -0.482 e. The van der Waals surface area contributed by atoms with Crippen molar-refractivity contribution in [2.75, 3.05) is 0 Å². The minimum atomic E-state index is 0.203. The van der Waals surface area contributed by atoms with Crippen molar-refractivity contribution in [2.45, 2.75) is 26.5 Å². The molecule has 1 aromatic heterocycles. The van der Waals surface area contributed by atoms with Crippen LogP contribution in [0.4, 0.5) is 0 Å². The fourth-order valence-corrected chi connectivity index (χ4v) is 1.68. The number of aryl methyl sites for hydroxylation is 1. The predicted molar refractivity (Wildman–Crippen MR) is 67.4 cm³/mol. The fourth-order valence-electron chi connectivity index (χ4n) is 1.42. The van der Waals surface area contributed by atoms with E-state index >= 15 is 0 Å². The molecule has 96 valence electrons. The molecule has 2 N–H and O–H groups in total. The van der Waals surface area contributed by atoms with Crippen molar-refractivity contribution in [1.29, 1.82) is 0 Å². The molecule has 0 atom stereocenters. The Morgan fingerprint density at radius 2 is 2.11 bits per heavy atom. The molecule has 0 aliphatic rings. The van der Waals surface area contributed by atoms with E-state index in [9.17, 15) is 0 Å². The molecule has 0 bridgehead atoms. The first-order chi connectivity index (χ1) is 8.72. The van der Waals surface area contributed by atoms with Gasteiger partial charge >= 0.3 is 0 Å². The molecule has 0 saturated carbocycles. The van der Waals surface area contributed by atoms with E-state index in [0.29, 0.717) is 35.5 Å². The van der Waals surface area contributed by atoms with Crippen molar-refractivity contribution in [3.8, 4) is 5.75 Å². The van der Waals surface area contributed by atoms with Crippen molar-refractivity contribution in [1.82, 2.24) is 10.2 Å². The van der Waals surface area contributed by atoms with E-state index in [0.717, 1.165) is 5.56 Å². The summed E-state index contributed by atoms with van der Waals surface area (Å²) in [6, 6.07) is 5.43. The highest BCUT2D eigenvalue weighted by Crippen LogP contribution is 2.26. The molecule has 0 amide bonds. The molecule has 5 nitrogen and oxygen atoms in total. The van der Waals surface area contributed by atoms with Gasteiger partial charge in [-0.3, -0.25) is 0 Å². The third-order valence-electron chi connectivity index (χ3n) is 2.39. The molecule has 0 spiro atoms. The molecule has 0 radical (unpaired) electrons. The first-order valence-corrected chi connectivity index (χ1v) is 6.03. The van der Waals surface area contributed by atoms with Gasteiger partial charge in [-0.2, -0.15) is 0 Å². The fraction of sp³-hybridized carbons (Fsp3) is 0.333. The van der Waals surface area contributed by atoms with Crippen LogP contribution in [0.5, 0.6) is 5.75 Å². The average molecular weight is 268 g/mol. The average Bonchev–Trinajstić information content (AvgIpc) is 2.85. The van der Waals surface area contributed by atoms with E-state index in [-0.39, 0.29) is 6.61 Å². The molecular formula is C12H14ClN3O2. The number of halogens is 1. The zero-order valence-electron chi connectivity index (χ0n) is 10.0. The third-order valence-corrected chi connectivity index (χ3v) is 2.69. The maximum Gasteiger partial charge on any atom is 0.253 e. The van der Waals surface area contributed by atoms with Crippen molar-refractivity contribution in [3.05, 3.63) is 40.6 Å². The van der Waals surface area contributed by atoms with E-state index in [1.54, 1.807) is 12.1 Å². The smallest absolute Gasteiger partial charge is 0.253 e. The summed E-state index contributed by atoms with van der Waals surface area (Å²) < 4.78 is 10.8. The number of nitrogens with two attached hydrogens (primary N) is 1. The van der Waals surface area contributed by atoms with Crippen LogP contribution in [0.25, 0.3) is 0 Å². The molecule has 0 aliphatic carbocycles. The van der Waals surface area contributed by atoms with E-state index in [1.165, 1.54) is 0 Å². The number of nitrogens with zero attached hydrogens (tertiary/aromatic N) is 2. The summed E-state index contributed by atoms with van der Waals surface area (Å²) in [5, 5.41) is 8.23. The van der Waals surface area contributed by atoms with Gasteiger partial charge in [-0.1, -0.05) is 24.6 Å². The Morgan fingerprint density at radius 1 is 1.33 bits per heavy atom. The number of aromatic nitrogens is 2. The van der Waals surface area contributed by atoms with Crippen LogP contribution in [-0.2, 0) is 19.6 Å². The van der Waals surface area contributed by atoms with Gasteiger partial charge in [0.2, 0.25) is 5.89 Å². The Labute approximate surface area is 110 Å². The van der Waals surface area contributed by atoms with Crippen LogP contribution >= 0.6 is 11.6 Å². The molecule has 0 unspecified atom stereocenters. The third kappa shape index (κ3) is 3.00. The summed E-state index contributed by atoms with van der Waals surface area (Å²) in [5.74, 6) is 1.61. The van der Waals surface area contributed by atoms with E-state index in [1.807, 2.05) is 13.0 Å². The van der Waals surface area contributed by atoms with Crippen LogP contribution in [0, 0.1) is 0 Å². The molecule has 18 heavy (non-hydrogen) atoms. The van der Waals surface area contributed by atoms with Gasteiger partial charge in [0.15, 0.2) is 6.61 Å². The second kappa shape index (κ2) is 5.84. The van der Waals surface area contributed by atoms with Crippen LogP contribution < -0.4 is 10.5 Å². The monoisotopic (exact) mass is 267 g/mol. The summed E-state index contributed by atoms with van der Waals surface area (Å²) in [6.07, 6.45) is 0.707. The number of benzene rings is 1. The molecule has 0 aliphatic heterocycles. The van der Waals surface area contributed by atoms with Gasteiger partial charge in [0.05, 0.1) is 5.02 Å². The van der Waals surface area contributed by atoms with Crippen molar-refractivity contribution in [2.24, 2.45) is 5.73 Å². The van der Waals surface area contributed by atoms with Crippen LogP contribution in [0.2, 0.25) is 5.02 Å². The Kier molecular flexibility index (Phi) is 4.17. The van der Waals surface area contributed by atoms with Gasteiger partial charge < -0.3 is 14.9 Å². The van der Waals surface area contributed by atoms with Gasteiger partial charge in [0, 0.05) is 13.0 Å². The molecule has 0 saturated heterocycles. The molecule has 1 heterocycles. The highest BCUT2D eigenvalue weighted by atomic mass is 35.5. The van der Waals surface area contributed by atoms with E-state index in [2.05, 4.69) is 10.2 Å². The van der Waals surface area contributed by atoms with Crippen LogP contribution in [0.15, 0.2) is 22.6 Å². The Balaban J connectivity index is 2.01. The molecule has 0 fully saturated rings. The molecule has 2 rings (SSSR count). The number of rotatable bonds is 5. The zero-order chi connectivity index (χ0) is 13.0. The van der Waals surface area contributed by atoms with Crippen LogP contribution in [-0.4, -0.2) is 10.2 Å². The number of hydrogen-bond acceptors (Lipinski definition) is 5. The maximum atomic E-state index is 6.06. The standard InChI is InChI=1S/C12H14ClN3O2/c1-2-11-15-16-12(18-11)7-17-10-4-3-8(6-14)5-9(10)13/h3-5H,2,6-7,14H2,1H3. The molecular weight excluding hydrogens is 254 g/mol. The predicted octanol–water partition coefficient (Wildman–Crippen LogP) is 2.32. The zero-order valence-corrected chi connectivity index (χ0v) is 10.8. The SMILES string of the molecule is CCc1nnc(COc2ccc(CN)cc2Cl)o1. The largest absolute Gasteiger partial charge is 0.482 e. The Bertz CT molecular complexity index is 528. The first-order valence-electron chi connectivity index (χ1n) is 5.65. The summed E-state index contributed by atoms with van der Waals surface area (Å²) in [7, 11) is 0. The van der Waals surface area contributed by atoms with Gasteiger partial charge in [0.25, 0.3) is 5.89 Å². The highest BCUT2D eigenvalue weighted by molar-refractivity contribution is 6.32. The lowest BCUT2D eigenvalue weighted by Gasteiger charge is -2.06. The maximum absolute atomic E-state index is 6.06. The lowest BCUT2D eigenvalue weighted by Crippen LogP contribution is -1.99. The van der Waals surface area contributed by atoms with Gasteiger partial charge in [-0.05, 0) is 17.7 Å². The Hall–Kier alpha value is -1.59. The lowest BCUT2D eigenvalue weighted by molar-refractivity contribution is 0.259. The van der Waals surface area contributed by atoms with Gasteiger partial charge in [-0.25, -0.2) is 0 Å². The second-order valence-electron chi connectivity index (χ2n) is 3.70. The second-order valence-corrected chi connectivity index (χ2v) is 4.11. The van der Waals surface area contributed by atoms with Gasteiger partial charge in [0.1, 0.15) is 5.75 Å². The highest BCUT2D eigenvalue weighted by Gasteiger charge is 2.07. The van der Waals surface area contributed by atoms with E-state index < -0.39 is 0 Å². The van der Waals surface area contributed by atoms with Crippen molar-refractivity contribution in [3.63, 3.8) is 0 Å². The van der Waals surface area contributed by atoms with Crippen LogP contribution in [0.3, 0.4) is 0 Å². The topological polar surface area (TPSA) is 74.2 Å². The summed E-state index contributed by atoms with van der Waals surface area (Å²) >= 11 is 6.06. The number of ether oxygens (including phenoxy) is 1. The number of hydrogen-bond donors (Lipinski definition) is 1. The summed E-state index contributed by atoms with van der Waals surface area (Å²) in [6.45, 7) is 2.60. The lowest BCUT2D eigenvalue weighted by atomic mass is 10.2. The minimum absolute atomic E-state index is 0.203. The van der Waals surface area contributed by atoms with E-state index in [4.69, 9.17) is 26.5 Å². The normalized spacial score (nSPS) is 10.6. The molecule has 6 heteroatoms.